The highest BCUT2D eigenvalue weighted by molar-refractivity contribution is 7.98. The molecule has 1 aromatic heterocycles. The van der Waals surface area contributed by atoms with Gasteiger partial charge in [-0.15, -0.1) is 0 Å². The molecule has 6 heteroatoms. The topological polar surface area (TPSA) is 51.8 Å². The molecule has 1 aromatic carbocycles. The molecule has 0 aliphatic rings. The number of thioether (sulfide) groups is 1. The second-order valence-corrected chi connectivity index (χ2v) is 5.51. The Hall–Kier alpha value is -0.970. The van der Waals surface area contributed by atoms with Crippen molar-refractivity contribution in [3.8, 4) is 0 Å². The molecule has 3 nitrogen and oxygen atoms in total. The normalized spacial score (nSPS) is 10.6. The monoisotopic (exact) mass is 299 g/mol. The van der Waals surface area contributed by atoms with Gasteiger partial charge in [-0.05, 0) is 24.6 Å². The van der Waals surface area contributed by atoms with Crippen LogP contribution >= 0.6 is 35.0 Å². The quantitative estimate of drug-likeness (QED) is 0.688. The van der Waals surface area contributed by atoms with Crippen molar-refractivity contribution in [2.24, 2.45) is 0 Å². The van der Waals surface area contributed by atoms with Crippen LogP contribution in [0.2, 0.25) is 10.0 Å². The SMILES string of the molecule is Cc1cc(N)nc(SCc2ccc(Cl)c(Cl)c2)n1. The van der Waals surface area contributed by atoms with E-state index in [1.54, 1.807) is 12.1 Å². The van der Waals surface area contributed by atoms with Crippen LogP contribution in [-0.2, 0) is 5.75 Å². The van der Waals surface area contributed by atoms with Crippen molar-refractivity contribution in [1.82, 2.24) is 9.97 Å². The maximum Gasteiger partial charge on any atom is 0.190 e. The molecule has 0 aliphatic carbocycles. The second-order valence-electron chi connectivity index (χ2n) is 3.75. The lowest BCUT2D eigenvalue weighted by Gasteiger charge is -2.04. The van der Waals surface area contributed by atoms with Crippen molar-refractivity contribution in [3.63, 3.8) is 0 Å². The molecule has 0 fully saturated rings. The molecule has 0 saturated heterocycles. The number of nitrogens with two attached hydrogens (primary N) is 1. The van der Waals surface area contributed by atoms with Crippen molar-refractivity contribution in [3.05, 3.63) is 45.6 Å². The van der Waals surface area contributed by atoms with Crippen LogP contribution in [0, 0.1) is 6.92 Å². The molecule has 18 heavy (non-hydrogen) atoms. The Bertz CT molecular complexity index is 555. The smallest absolute Gasteiger partial charge is 0.190 e. The maximum atomic E-state index is 5.95. The predicted octanol–water partition coefficient (Wildman–Crippen LogP) is 3.97. The molecule has 2 N–H and O–H groups in total. The first-order valence-electron chi connectivity index (χ1n) is 5.22. The van der Waals surface area contributed by atoms with Crippen molar-refractivity contribution >= 4 is 40.8 Å². The Labute approximate surface area is 120 Å². The fourth-order valence-corrected chi connectivity index (χ4v) is 2.58. The summed E-state index contributed by atoms with van der Waals surface area (Å²) >= 11 is 13.3. The van der Waals surface area contributed by atoms with E-state index in [9.17, 15) is 0 Å². The van der Waals surface area contributed by atoms with Gasteiger partial charge in [0.2, 0.25) is 0 Å². The molecule has 0 radical (unpaired) electrons. The predicted molar refractivity (Wildman–Crippen MR) is 77.2 cm³/mol. The van der Waals surface area contributed by atoms with Gasteiger partial charge < -0.3 is 5.73 Å². The van der Waals surface area contributed by atoms with E-state index in [0.29, 0.717) is 21.0 Å². The molecule has 2 aromatic rings. The standard InChI is InChI=1S/C12H11Cl2N3S/c1-7-4-11(15)17-12(16-7)18-6-8-2-3-9(13)10(14)5-8/h2-5H,6H2,1H3,(H2,15,16,17). The van der Waals surface area contributed by atoms with E-state index >= 15 is 0 Å². The number of hydrogen-bond acceptors (Lipinski definition) is 4. The highest BCUT2D eigenvalue weighted by Gasteiger charge is 2.04. The van der Waals surface area contributed by atoms with Crippen LogP contribution in [0.5, 0.6) is 0 Å². The fraction of sp³-hybridized carbons (Fsp3) is 0.167. The minimum Gasteiger partial charge on any atom is -0.384 e. The van der Waals surface area contributed by atoms with E-state index in [1.807, 2.05) is 19.1 Å². The maximum absolute atomic E-state index is 5.95. The molecular formula is C12H11Cl2N3S. The van der Waals surface area contributed by atoms with Crippen LogP contribution in [0.15, 0.2) is 29.4 Å². The Morgan fingerprint density at radius 1 is 1.17 bits per heavy atom. The van der Waals surface area contributed by atoms with Gasteiger partial charge in [-0.1, -0.05) is 41.0 Å². The fourth-order valence-electron chi connectivity index (χ4n) is 1.41. The molecule has 0 unspecified atom stereocenters. The summed E-state index contributed by atoms with van der Waals surface area (Å²) in [5.41, 5.74) is 7.60. The molecule has 0 aliphatic heterocycles. The van der Waals surface area contributed by atoms with Crippen molar-refractivity contribution in [2.45, 2.75) is 17.8 Å². The van der Waals surface area contributed by atoms with Gasteiger partial charge >= 0.3 is 0 Å². The Kier molecular flexibility index (Phi) is 4.32. The van der Waals surface area contributed by atoms with E-state index in [4.69, 9.17) is 28.9 Å². The number of nitrogen functional groups attached to an aromatic ring is 1. The van der Waals surface area contributed by atoms with Crippen LogP contribution in [0.25, 0.3) is 0 Å². The van der Waals surface area contributed by atoms with E-state index in [1.165, 1.54) is 11.8 Å². The molecule has 0 saturated carbocycles. The van der Waals surface area contributed by atoms with E-state index in [-0.39, 0.29) is 0 Å². The zero-order chi connectivity index (χ0) is 13.1. The zero-order valence-corrected chi connectivity index (χ0v) is 12.0. The third-order valence-corrected chi connectivity index (χ3v) is 3.86. The third-order valence-electron chi connectivity index (χ3n) is 2.21. The van der Waals surface area contributed by atoms with Crippen LogP contribution in [0.3, 0.4) is 0 Å². The summed E-state index contributed by atoms with van der Waals surface area (Å²) in [6.07, 6.45) is 0. The van der Waals surface area contributed by atoms with Crippen LogP contribution in [0.4, 0.5) is 5.82 Å². The summed E-state index contributed by atoms with van der Waals surface area (Å²) in [5.74, 6) is 1.21. The Morgan fingerprint density at radius 3 is 2.61 bits per heavy atom. The average Bonchev–Trinajstić information content (AvgIpc) is 2.29. The lowest BCUT2D eigenvalue weighted by atomic mass is 10.2. The lowest BCUT2D eigenvalue weighted by Crippen LogP contribution is -1.96. The number of aryl methyl sites for hydroxylation is 1. The number of rotatable bonds is 3. The van der Waals surface area contributed by atoms with Crippen LogP contribution in [0.1, 0.15) is 11.3 Å². The zero-order valence-electron chi connectivity index (χ0n) is 9.65. The van der Waals surface area contributed by atoms with Gasteiger partial charge in [0, 0.05) is 17.5 Å². The second kappa shape index (κ2) is 5.78. The molecule has 0 bridgehead atoms. The first-order chi connectivity index (χ1) is 8.54. The Balaban J connectivity index is 2.08. The van der Waals surface area contributed by atoms with Gasteiger partial charge in [0.15, 0.2) is 5.16 Å². The van der Waals surface area contributed by atoms with Gasteiger partial charge in [-0.25, -0.2) is 9.97 Å². The first kappa shape index (κ1) is 13.5. The minimum atomic E-state index is 0.485. The number of hydrogen-bond donors (Lipinski definition) is 1. The third kappa shape index (κ3) is 3.51. The van der Waals surface area contributed by atoms with E-state index in [2.05, 4.69) is 9.97 Å². The molecule has 0 atom stereocenters. The number of benzene rings is 1. The Morgan fingerprint density at radius 2 is 1.94 bits per heavy atom. The molecular weight excluding hydrogens is 289 g/mol. The lowest BCUT2D eigenvalue weighted by molar-refractivity contribution is 0.940. The highest BCUT2D eigenvalue weighted by Crippen LogP contribution is 2.26. The highest BCUT2D eigenvalue weighted by atomic mass is 35.5. The molecule has 1 heterocycles. The largest absolute Gasteiger partial charge is 0.384 e. The van der Waals surface area contributed by atoms with Gasteiger partial charge in [-0.2, -0.15) is 0 Å². The van der Waals surface area contributed by atoms with Gasteiger partial charge in [0.1, 0.15) is 5.82 Å². The number of aromatic nitrogens is 2. The van der Waals surface area contributed by atoms with Crippen molar-refractivity contribution < 1.29 is 0 Å². The summed E-state index contributed by atoms with van der Waals surface area (Å²) in [6.45, 7) is 1.89. The van der Waals surface area contributed by atoms with Gasteiger partial charge in [0.25, 0.3) is 0 Å². The van der Waals surface area contributed by atoms with Gasteiger partial charge in [0.05, 0.1) is 10.0 Å². The summed E-state index contributed by atoms with van der Waals surface area (Å²) in [5, 5.41) is 1.78. The van der Waals surface area contributed by atoms with Crippen molar-refractivity contribution in [2.75, 3.05) is 5.73 Å². The molecule has 0 spiro atoms. The van der Waals surface area contributed by atoms with Crippen LogP contribution < -0.4 is 5.73 Å². The molecule has 2 rings (SSSR count). The summed E-state index contributed by atoms with van der Waals surface area (Å²) in [7, 11) is 0. The number of halogens is 2. The van der Waals surface area contributed by atoms with E-state index < -0.39 is 0 Å². The van der Waals surface area contributed by atoms with Gasteiger partial charge in [-0.3, -0.25) is 0 Å². The van der Waals surface area contributed by atoms with Crippen molar-refractivity contribution in [1.29, 1.82) is 0 Å². The summed E-state index contributed by atoms with van der Waals surface area (Å²) < 4.78 is 0. The molecule has 0 amide bonds. The first-order valence-corrected chi connectivity index (χ1v) is 6.96. The average molecular weight is 300 g/mol. The summed E-state index contributed by atoms with van der Waals surface area (Å²) in [4.78, 5) is 8.46. The number of anilines is 1. The van der Waals surface area contributed by atoms with Crippen LogP contribution in [-0.4, -0.2) is 9.97 Å². The minimum absolute atomic E-state index is 0.485. The van der Waals surface area contributed by atoms with E-state index in [0.717, 1.165) is 17.0 Å². The number of nitrogens with zero attached hydrogens (tertiary/aromatic N) is 2. The summed E-state index contributed by atoms with van der Waals surface area (Å²) in [6, 6.07) is 7.30. The molecule has 94 valence electrons.